The van der Waals surface area contributed by atoms with Crippen LogP contribution in [0, 0.1) is 19.8 Å². The summed E-state index contributed by atoms with van der Waals surface area (Å²) in [4.78, 5) is 12.1. The maximum absolute atomic E-state index is 12.1. The first-order valence-electron chi connectivity index (χ1n) is 5.85. The molecule has 98 valence electrons. The quantitative estimate of drug-likeness (QED) is 0.330. The van der Waals surface area contributed by atoms with Crippen molar-refractivity contribution in [2.45, 2.75) is 27.2 Å². The monoisotopic (exact) mass is 249 g/mol. The molecule has 18 heavy (non-hydrogen) atoms. The van der Waals surface area contributed by atoms with E-state index in [9.17, 15) is 4.79 Å². The van der Waals surface area contributed by atoms with Crippen LogP contribution in [0.3, 0.4) is 0 Å². The topological polar surface area (TPSA) is 87.7 Å². The van der Waals surface area contributed by atoms with E-state index in [0.29, 0.717) is 6.42 Å². The van der Waals surface area contributed by atoms with Crippen molar-refractivity contribution in [2.24, 2.45) is 16.8 Å². The Balaban J connectivity index is 2.94. The van der Waals surface area contributed by atoms with E-state index < -0.39 is 5.92 Å². The summed E-state index contributed by atoms with van der Waals surface area (Å²) in [5.41, 5.74) is 8.25. The van der Waals surface area contributed by atoms with Crippen molar-refractivity contribution in [3.05, 3.63) is 29.3 Å². The molecule has 0 saturated carbocycles. The molecular weight excluding hydrogens is 230 g/mol. The summed E-state index contributed by atoms with van der Waals surface area (Å²) in [7, 11) is 0. The highest BCUT2D eigenvalue weighted by Crippen LogP contribution is 2.20. The molecule has 5 nitrogen and oxygen atoms in total. The number of carbonyl (C=O) groups excluding carboxylic acids is 1. The van der Waals surface area contributed by atoms with Gasteiger partial charge in [0.25, 0.3) is 0 Å². The number of para-hydroxylation sites is 1. The third-order valence-electron chi connectivity index (χ3n) is 2.93. The van der Waals surface area contributed by atoms with Crippen LogP contribution in [0.5, 0.6) is 0 Å². The standard InChI is InChI=1S/C13H19N3O2/c1-4-10(12(14)16-18)13(17)15-11-8(2)6-5-7-9(11)3/h5-7,10,18H,4H2,1-3H3,(H2,14,16)(H,15,17). The number of amides is 1. The number of aryl methyl sites for hydroxylation is 2. The van der Waals surface area contributed by atoms with Gasteiger partial charge in [-0.2, -0.15) is 0 Å². The zero-order valence-corrected chi connectivity index (χ0v) is 10.9. The molecule has 0 bridgehead atoms. The second kappa shape index (κ2) is 6.05. The van der Waals surface area contributed by atoms with E-state index in [-0.39, 0.29) is 11.7 Å². The Kier molecular flexibility index (Phi) is 4.71. The number of benzene rings is 1. The maximum Gasteiger partial charge on any atom is 0.235 e. The van der Waals surface area contributed by atoms with E-state index in [0.717, 1.165) is 16.8 Å². The van der Waals surface area contributed by atoms with Crippen LogP contribution in [0.4, 0.5) is 5.69 Å². The van der Waals surface area contributed by atoms with Crippen LogP contribution in [-0.2, 0) is 4.79 Å². The minimum absolute atomic E-state index is 0.0683. The molecule has 0 radical (unpaired) electrons. The van der Waals surface area contributed by atoms with Crippen molar-refractivity contribution in [3.8, 4) is 0 Å². The highest BCUT2D eigenvalue weighted by atomic mass is 16.4. The summed E-state index contributed by atoms with van der Waals surface area (Å²) in [5.74, 6) is -0.944. The Labute approximate surface area is 107 Å². The minimum atomic E-state index is -0.617. The third-order valence-corrected chi connectivity index (χ3v) is 2.93. The molecule has 5 heteroatoms. The van der Waals surface area contributed by atoms with Crippen molar-refractivity contribution in [3.63, 3.8) is 0 Å². The fourth-order valence-corrected chi connectivity index (χ4v) is 1.82. The molecule has 4 N–H and O–H groups in total. The van der Waals surface area contributed by atoms with Crippen molar-refractivity contribution in [1.82, 2.24) is 0 Å². The molecular formula is C13H19N3O2. The van der Waals surface area contributed by atoms with Gasteiger partial charge in [-0.15, -0.1) is 0 Å². The van der Waals surface area contributed by atoms with Crippen molar-refractivity contribution < 1.29 is 10.0 Å². The summed E-state index contributed by atoms with van der Waals surface area (Å²) < 4.78 is 0. The van der Waals surface area contributed by atoms with Gasteiger partial charge in [-0.3, -0.25) is 4.79 Å². The Bertz CT molecular complexity index is 449. The number of oxime groups is 1. The molecule has 0 aliphatic rings. The first kappa shape index (κ1) is 14.0. The molecule has 0 saturated heterocycles. The van der Waals surface area contributed by atoms with Crippen LogP contribution in [0.15, 0.2) is 23.4 Å². The van der Waals surface area contributed by atoms with Crippen molar-refractivity contribution in [1.29, 1.82) is 0 Å². The fraction of sp³-hybridized carbons (Fsp3) is 0.385. The zero-order valence-electron chi connectivity index (χ0n) is 10.9. The highest BCUT2D eigenvalue weighted by molar-refractivity contribution is 6.08. The minimum Gasteiger partial charge on any atom is -0.409 e. The number of carbonyl (C=O) groups is 1. The normalized spacial score (nSPS) is 13.2. The number of hydrogen-bond donors (Lipinski definition) is 3. The van der Waals surface area contributed by atoms with E-state index in [2.05, 4.69) is 10.5 Å². The van der Waals surface area contributed by atoms with Crippen LogP contribution < -0.4 is 11.1 Å². The Morgan fingerprint density at radius 2 is 2.00 bits per heavy atom. The van der Waals surface area contributed by atoms with Gasteiger partial charge in [0.2, 0.25) is 5.91 Å². The van der Waals surface area contributed by atoms with Crippen LogP contribution >= 0.6 is 0 Å². The molecule has 0 heterocycles. The smallest absolute Gasteiger partial charge is 0.235 e. The van der Waals surface area contributed by atoms with Crippen LogP contribution in [0.1, 0.15) is 24.5 Å². The second-order valence-electron chi connectivity index (χ2n) is 4.24. The number of amidine groups is 1. The number of rotatable bonds is 4. The Morgan fingerprint density at radius 1 is 1.44 bits per heavy atom. The average Bonchev–Trinajstić information content (AvgIpc) is 2.34. The molecule has 1 aromatic carbocycles. The molecule has 0 aliphatic carbocycles. The third kappa shape index (κ3) is 3.00. The van der Waals surface area contributed by atoms with Gasteiger partial charge in [0.05, 0.1) is 5.92 Å². The predicted octanol–water partition coefficient (Wildman–Crippen LogP) is 2.01. The molecule has 0 fully saturated rings. The predicted molar refractivity (Wildman–Crippen MR) is 71.7 cm³/mol. The molecule has 1 unspecified atom stereocenters. The van der Waals surface area contributed by atoms with Gasteiger partial charge in [-0.05, 0) is 31.4 Å². The van der Waals surface area contributed by atoms with E-state index in [1.165, 1.54) is 0 Å². The molecule has 1 atom stereocenters. The molecule has 1 amide bonds. The van der Waals surface area contributed by atoms with Gasteiger partial charge < -0.3 is 16.3 Å². The second-order valence-corrected chi connectivity index (χ2v) is 4.24. The van der Waals surface area contributed by atoms with Crippen molar-refractivity contribution in [2.75, 3.05) is 5.32 Å². The van der Waals surface area contributed by atoms with E-state index in [1.807, 2.05) is 39.0 Å². The number of nitrogens with two attached hydrogens (primary N) is 1. The lowest BCUT2D eigenvalue weighted by molar-refractivity contribution is -0.118. The number of hydrogen-bond acceptors (Lipinski definition) is 3. The zero-order chi connectivity index (χ0) is 13.7. The Morgan fingerprint density at radius 3 is 2.44 bits per heavy atom. The summed E-state index contributed by atoms with van der Waals surface area (Å²) in [6.45, 7) is 5.66. The van der Waals surface area contributed by atoms with Gasteiger partial charge in [0, 0.05) is 5.69 Å². The van der Waals surface area contributed by atoms with Gasteiger partial charge in [0.15, 0.2) is 5.84 Å². The van der Waals surface area contributed by atoms with Gasteiger partial charge in [0.1, 0.15) is 0 Å². The first-order chi connectivity index (χ1) is 8.51. The summed E-state index contributed by atoms with van der Waals surface area (Å²) in [5, 5.41) is 14.4. The first-order valence-corrected chi connectivity index (χ1v) is 5.85. The maximum atomic E-state index is 12.1. The molecule has 1 aromatic rings. The molecule has 0 spiro atoms. The van der Waals surface area contributed by atoms with E-state index in [1.54, 1.807) is 0 Å². The van der Waals surface area contributed by atoms with E-state index in [4.69, 9.17) is 10.9 Å². The summed E-state index contributed by atoms with van der Waals surface area (Å²) >= 11 is 0. The van der Waals surface area contributed by atoms with E-state index >= 15 is 0 Å². The largest absolute Gasteiger partial charge is 0.409 e. The summed E-state index contributed by atoms with van der Waals surface area (Å²) in [6.07, 6.45) is 0.479. The molecule has 0 aromatic heterocycles. The highest BCUT2D eigenvalue weighted by Gasteiger charge is 2.22. The SMILES string of the molecule is CCC(C(=O)Nc1c(C)cccc1C)C(N)=NO. The van der Waals surface area contributed by atoms with Crippen LogP contribution in [0.2, 0.25) is 0 Å². The summed E-state index contributed by atoms with van der Waals surface area (Å²) in [6, 6.07) is 5.78. The van der Waals surface area contributed by atoms with Crippen LogP contribution in [-0.4, -0.2) is 17.0 Å². The lowest BCUT2D eigenvalue weighted by Crippen LogP contribution is -2.34. The average molecular weight is 249 g/mol. The lowest BCUT2D eigenvalue weighted by Gasteiger charge is -2.16. The lowest BCUT2D eigenvalue weighted by atomic mass is 10.0. The van der Waals surface area contributed by atoms with Gasteiger partial charge in [-0.25, -0.2) is 0 Å². The number of nitrogens with one attached hydrogen (secondary N) is 1. The van der Waals surface area contributed by atoms with Gasteiger partial charge >= 0.3 is 0 Å². The number of nitrogens with zero attached hydrogens (tertiary/aromatic N) is 1. The van der Waals surface area contributed by atoms with Crippen molar-refractivity contribution >= 4 is 17.4 Å². The molecule has 0 aliphatic heterocycles. The number of anilines is 1. The Hall–Kier alpha value is -2.04. The fourth-order valence-electron chi connectivity index (χ4n) is 1.82. The van der Waals surface area contributed by atoms with Gasteiger partial charge in [-0.1, -0.05) is 30.3 Å². The molecule has 1 rings (SSSR count). The van der Waals surface area contributed by atoms with Crippen LogP contribution in [0.25, 0.3) is 0 Å².